The zero-order chi connectivity index (χ0) is 20.9. The fourth-order valence-electron chi connectivity index (χ4n) is 2.96. The van der Waals surface area contributed by atoms with E-state index in [1.54, 1.807) is 18.3 Å². The van der Waals surface area contributed by atoms with Gasteiger partial charge in [0.15, 0.2) is 0 Å². The standard InChI is InChI=1S/C23H25FN4O/c1-23(2,3)18-6-4-5-7-19(18)28-21-15-26-20(14-27-21)22(29)25-13-12-16-8-10-17(24)11-9-16/h4-11,14-15H,12-13H2,1-3H3,(H,25,29)(H,27,28). The van der Waals surface area contributed by atoms with Gasteiger partial charge < -0.3 is 10.6 Å². The molecule has 2 aromatic carbocycles. The average molecular weight is 392 g/mol. The zero-order valence-corrected chi connectivity index (χ0v) is 16.9. The molecule has 5 nitrogen and oxygen atoms in total. The van der Waals surface area contributed by atoms with Crippen LogP contribution in [-0.4, -0.2) is 22.4 Å². The second kappa shape index (κ2) is 8.82. The predicted molar refractivity (Wildman–Crippen MR) is 113 cm³/mol. The van der Waals surface area contributed by atoms with Gasteiger partial charge in [-0.1, -0.05) is 51.1 Å². The molecule has 1 heterocycles. The van der Waals surface area contributed by atoms with Crippen molar-refractivity contribution in [3.05, 3.63) is 83.6 Å². The van der Waals surface area contributed by atoms with Gasteiger partial charge in [0.05, 0.1) is 12.4 Å². The summed E-state index contributed by atoms with van der Waals surface area (Å²) in [5.74, 6) is 0.0118. The smallest absolute Gasteiger partial charge is 0.271 e. The topological polar surface area (TPSA) is 66.9 Å². The monoisotopic (exact) mass is 392 g/mol. The number of halogens is 1. The predicted octanol–water partition coefficient (Wildman–Crippen LogP) is 4.63. The number of hydrogen-bond donors (Lipinski definition) is 2. The van der Waals surface area contributed by atoms with Crippen molar-refractivity contribution in [3.8, 4) is 0 Å². The number of para-hydroxylation sites is 1. The average Bonchev–Trinajstić information content (AvgIpc) is 2.69. The summed E-state index contributed by atoms with van der Waals surface area (Å²) >= 11 is 0. The molecule has 3 rings (SSSR count). The van der Waals surface area contributed by atoms with Gasteiger partial charge in [-0.25, -0.2) is 14.4 Å². The highest BCUT2D eigenvalue weighted by molar-refractivity contribution is 5.92. The highest BCUT2D eigenvalue weighted by atomic mass is 19.1. The van der Waals surface area contributed by atoms with E-state index in [9.17, 15) is 9.18 Å². The first kappa shape index (κ1) is 20.5. The Morgan fingerprint density at radius 1 is 1.00 bits per heavy atom. The number of benzene rings is 2. The van der Waals surface area contributed by atoms with Gasteiger partial charge in [-0.2, -0.15) is 0 Å². The number of carbonyl (C=O) groups is 1. The molecule has 0 saturated carbocycles. The van der Waals surface area contributed by atoms with Crippen LogP contribution in [0.5, 0.6) is 0 Å². The van der Waals surface area contributed by atoms with E-state index in [1.165, 1.54) is 23.9 Å². The van der Waals surface area contributed by atoms with Gasteiger partial charge in [-0.3, -0.25) is 4.79 Å². The van der Waals surface area contributed by atoms with Crippen LogP contribution >= 0.6 is 0 Å². The minimum atomic E-state index is -0.291. The number of rotatable bonds is 6. The quantitative estimate of drug-likeness (QED) is 0.642. The van der Waals surface area contributed by atoms with E-state index >= 15 is 0 Å². The molecule has 0 aliphatic heterocycles. The molecule has 0 fully saturated rings. The SMILES string of the molecule is CC(C)(C)c1ccccc1Nc1cnc(C(=O)NCCc2ccc(F)cc2)cn1. The molecule has 6 heteroatoms. The molecule has 1 amide bonds. The third-order valence-corrected chi connectivity index (χ3v) is 4.49. The Balaban J connectivity index is 1.59. The zero-order valence-electron chi connectivity index (χ0n) is 16.9. The first-order valence-corrected chi connectivity index (χ1v) is 9.54. The van der Waals surface area contributed by atoms with Crippen LogP contribution in [0.15, 0.2) is 60.9 Å². The number of nitrogens with one attached hydrogen (secondary N) is 2. The molecule has 150 valence electrons. The molecule has 0 spiro atoms. The van der Waals surface area contributed by atoms with Crippen molar-refractivity contribution in [3.63, 3.8) is 0 Å². The number of carbonyl (C=O) groups excluding carboxylic acids is 1. The van der Waals surface area contributed by atoms with Crippen molar-refractivity contribution < 1.29 is 9.18 Å². The lowest BCUT2D eigenvalue weighted by Gasteiger charge is -2.23. The molecule has 2 N–H and O–H groups in total. The van der Waals surface area contributed by atoms with E-state index in [-0.39, 0.29) is 22.8 Å². The molecular formula is C23H25FN4O. The Kier molecular flexibility index (Phi) is 6.22. The molecule has 29 heavy (non-hydrogen) atoms. The van der Waals surface area contributed by atoms with E-state index in [0.717, 1.165) is 11.3 Å². The summed E-state index contributed by atoms with van der Waals surface area (Å²) < 4.78 is 12.9. The van der Waals surface area contributed by atoms with Gasteiger partial charge in [0, 0.05) is 12.2 Å². The van der Waals surface area contributed by atoms with Crippen molar-refractivity contribution in [2.24, 2.45) is 0 Å². The second-order valence-electron chi connectivity index (χ2n) is 7.84. The van der Waals surface area contributed by atoms with Gasteiger partial charge in [0.2, 0.25) is 0 Å². The molecule has 0 unspecified atom stereocenters. The van der Waals surface area contributed by atoms with Crippen molar-refractivity contribution in [2.45, 2.75) is 32.6 Å². The lowest BCUT2D eigenvalue weighted by atomic mass is 9.86. The molecule has 0 radical (unpaired) electrons. The van der Waals surface area contributed by atoms with Crippen LogP contribution in [0, 0.1) is 5.82 Å². The fourth-order valence-corrected chi connectivity index (χ4v) is 2.96. The summed E-state index contributed by atoms with van der Waals surface area (Å²) in [4.78, 5) is 20.8. The van der Waals surface area contributed by atoms with Crippen LogP contribution in [0.4, 0.5) is 15.9 Å². The van der Waals surface area contributed by atoms with Crippen molar-refractivity contribution in [2.75, 3.05) is 11.9 Å². The Bertz CT molecular complexity index is 963. The molecule has 0 bridgehead atoms. The van der Waals surface area contributed by atoms with Crippen molar-refractivity contribution in [1.29, 1.82) is 0 Å². The van der Waals surface area contributed by atoms with Gasteiger partial charge in [-0.15, -0.1) is 0 Å². The van der Waals surface area contributed by atoms with Gasteiger partial charge in [0.25, 0.3) is 5.91 Å². The number of amides is 1. The van der Waals surface area contributed by atoms with E-state index in [1.807, 2.05) is 18.2 Å². The minimum absolute atomic E-state index is 0.0125. The van der Waals surface area contributed by atoms with E-state index in [4.69, 9.17) is 0 Å². The van der Waals surface area contributed by atoms with Crippen LogP contribution < -0.4 is 10.6 Å². The maximum atomic E-state index is 12.9. The summed E-state index contributed by atoms with van der Waals surface area (Å²) in [7, 11) is 0. The normalized spacial score (nSPS) is 11.2. The number of aromatic nitrogens is 2. The highest BCUT2D eigenvalue weighted by Crippen LogP contribution is 2.30. The van der Waals surface area contributed by atoms with Gasteiger partial charge in [0.1, 0.15) is 17.3 Å². The Labute approximate surface area is 170 Å². The first-order chi connectivity index (χ1) is 13.8. The molecule has 0 aliphatic carbocycles. The maximum Gasteiger partial charge on any atom is 0.271 e. The Morgan fingerprint density at radius 3 is 2.38 bits per heavy atom. The summed E-state index contributed by atoms with van der Waals surface area (Å²) in [5, 5.41) is 6.08. The Hall–Kier alpha value is -3.28. The lowest BCUT2D eigenvalue weighted by Crippen LogP contribution is -2.26. The van der Waals surface area contributed by atoms with Crippen LogP contribution in [0.25, 0.3) is 0 Å². The summed E-state index contributed by atoms with van der Waals surface area (Å²) in [6.45, 7) is 6.89. The maximum absolute atomic E-state index is 12.9. The van der Waals surface area contributed by atoms with E-state index < -0.39 is 0 Å². The molecule has 3 aromatic rings. The number of anilines is 2. The molecule has 0 saturated heterocycles. The van der Waals surface area contributed by atoms with Gasteiger partial charge in [-0.05, 0) is 41.2 Å². The van der Waals surface area contributed by atoms with Crippen LogP contribution in [0.3, 0.4) is 0 Å². The lowest BCUT2D eigenvalue weighted by molar-refractivity contribution is 0.0949. The van der Waals surface area contributed by atoms with E-state index in [2.05, 4.69) is 47.4 Å². The molecule has 0 aliphatic rings. The molecule has 0 atom stereocenters. The number of nitrogens with zero attached hydrogens (tertiary/aromatic N) is 2. The molecule has 1 aromatic heterocycles. The summed E-state index contributed by atoms with van der Waals surface area (Å²) in [6, 6.07) is 14.3. The first-order valence-electron chi connectivity index (χ1n) is 9.54. The summed E-state index contributed by atoms with van der Waals surface area (Å²) in [6.07, 6.45) is 3.62. The third-order valence-electron chi connectivity index (χ3n) is 4.49. The van der Waals surface area contributed by atoms with Crippen LogP contribution in [-0.2, 0) is 11.8 Å². The largest absolute Gasteiger partial charge is 0.350 e. The molecular weight excluding hydrogens is 367 g/mol. The number of hydrogen-bond acceptors (Lipinski definition) is 4. The van der Waals surface area contributed by atoms with Crippen molar-refractivity contribution in [1.82, 2.24) is 15.3 Å². The van der Waals surface area contributed by atoms with Crippen molar-refractivity contribution >= 4 is 17.4 Å². The highest BCUT2D eigenvalue weighted by Gasteiger charge is 2.17. The van der Waals surface area contributed by atoms with Crippen LogP contribution in [0.2, 0.25) is 0 Å². The Morgan fingerprint density at radius 2 is 1.72 bits per heavy atom. The van der Waals surface area contributed by atoms with E-state index in [0.29, 0.717) is 18.8 Å². The summed E-state index contributed by atoms with van der Waals surface area (Å²) in [5.41, 5.74) is 3.32. The minimum Gasteiger partial charge on any atom is -0.350 e. The third kappa shape index (κ3) is 5.60. The fraction of sp³-hybridized carbons (Fsp3) is 0.261. The van der Waals surface area contributed by atoms with Gasteiger partial charge >= 0.3 is 0 Å². The van der Waals surface area contributed by atoms with Crippen LogP contribution in [0.1, 0.15) is 42.4 Å². The second-order valence-corrected chi connectivity index (χ2v) is 7.84.